The van der Waals surface area contributed by atoms with Gasteiger partial charge in [0.15, 0.2) is 0 Å². The summed E-state index contributed by atoms with van der Waals surface area (Å²) in [7, 11) is -1.54. The van der Waals surface area contributed by atoms with Gasteiger partial charge in [0.2, 0.25) is 10.0 Å². The first kappa shape index (κ1) is 20.6. The molecule has 0 aliphatic carbocycles. The van der Waals surface area contributed by atoms with E-state index >= 15 is 0 Å². The van der Waals surface area contributed by atoms with Crippen molar-refractivity contribution in [1.29, 1.82) is 0 Å². The lowest BCUT2D eigenvalue weighted by atomic mass is 9.88. The summed E-state index contributed by atoms with van der Waals surface area (Å²) in [6, 6.07) is 8.24. The van der Waals surface area contributed by atoms with Gasteiger partial charge in [0.1, 0.15) is 5.75 Å². The van der Waals surface area contributed by atoms with E-state index in [1.807, 2.05) is 12.1 Å². The first-order valence-electron chi connectivity index (χ1n) is 9.83. The molecule has 3 rings (SSSR count). The molecular formula is C20H32N2O4S. The first-order chi connectivity index (χ1) is 12.8. The number of piperidine rings is 1. The Morgan fingerprint density at radius 2 is 1.89 bits per heavy atom. The number of hydrogen-bond acceptors (Lipinski definition) is 5. The van der Waals surface area contributed by atoms with Crippen LogP contribution in [0.2, 0.25) is 0 Å². The molecule has 2 heterocycles. The highest BCUT2D eigenvalue weighted by atomic mass is 32.2. The third-order valence-electron chi connectivity index (χ3n) is 5.80. The molecule has 2 aliphatic heterocycles. The van der Waals surface area contributed by atoms with E-state index in [0.29, 0.717) is 6.54 Å². The summed E-state index contributed by atoms with van der Waals surface area (Å²) in [5.74, 6) is 0.884. The van der Waals surface area contributed by atoms with Crippen LogP contribution in [0.5, 0.6) is 5.75 Å². The van der Waals surface area contributed by atoms with Crippen LogP contribution >= 0.6 is 0 Å². The van der Waals surface area contributed by atoms with Gasteiger partial charge in [0.05, 0.1) is 24.1 Å². The van der Waals surface area contributed by atoms with E-state index in [1.165, 1.54) is 5.56 Å². The van der Waals surface area contributed by atoms with Crippen molar-refractivity contribution < 1.29 is 17.9 Å². The third-order valence-corrected chi connectivity index (χ3v) is 7.61. The Bertz CT molecular complexity index is 710. The predicted molar refractivity (Wildman–Crippen MR) is 106 cm³/mol. The number of methoxy groups -OCH3 is 1. The molecule has 1 aromatic rings. The van der Waals surface area contributed by atoms with E-state index in [-0.39, 0.29) is 11.7 Å². The number of nitrogens with zero attached hydrogens (tertiary/aromatic N) is 1. The first-order valence-corrected chi connectivity index (χ1v) is 11.4. The summed E-state index contributed by atoms with van der Waals surface area (Å²) in [6.45, 7) is 6.73. The summed E-state index contributed by atoms with van der Waals surface area (Å²) < 4.78 is 38.1. The topological polar surface area (TPSA) is 67.9 Å². The zero-order valence-corrected chi connectivity index (χ0v) is 17.4. The summed E-state index contributed by atoms with van der Waals surface area (Å²) in [6.07, 6.45) is 3.97. The van der Waals surface area contributed by atoms with E-state index in [0.717, 1.165) is 51.1 Å². The summed E-state index contributed by atoms with van der Waals surface area (Å²) in [5, 5.41) is -0.408. The molecule has 6 nitrogen and oxygen atoms in total. The lowest BCUT2D eigenvalue weighted by Crippen LogP contribution is -2.45. The second-order valence-electron chi connectivity index (χ2n) is 8.03. The molecule has 0 radical (unpaired) electrons. The van der Waals surface area contributed by atoms with Crippen LogP contribution in [0.1, 0.15) is 45.1 Å². The van der Waals surface area contributed by atoms with Crippen molar-refractivity contribution in [3.8, 4) is 5.75 Å². The molecule has 2 aliphatic rings. The highest BCUT2D eigenvalue weighted by Gasteiger charge is 2.42. The molecule has 0 unspecified atom stereocenters. The maximum atomic E-state index is 11.9. The lowest BCUT2D eigenvalue weighted by Gasteiger charge is -2.39. The zero-order chi connectivity index (χ0) is 19.5. The van der Waals surface area contributed by atoms with E-state index in [9.17, 15) is 8.42 Å². The molecule has 7 heteroatoms. The number of likely N-dealkylation sites (tertiary alicyclic amines) is 1. The molecule has 0 amide bonds. The molecule has 1 aromatic carbocycles. The Morgan fingerprint density at radius 3 is 2.48 bits per heavy atom. The lowest BCUT2D eigenvalue weighted by molar-refractivity contribution is -0.0758. The third kappa shape index (κ3) is 5.22. The van der Waals surface area contributed by atoms with Crippen molar-refractivity contribution in [2.45, 2.75) is 63.0 Å². The number of rotatable bonds is 7. The minimum Gasteiger partial charge on any atom is -0.497 e. The Labute approximate surface area is 163 Å². The van der Waals surface area contributed by atoms with Crippen LogP contribution in [0.25, 0.3) is 0 Å². The summed E-state index contributed by atoms with van der Waals surface area (Å²) >= 11 is 0. The number of ether oxygens (including phenoxy) is 2. The minimum absolute atomic E-state index is 0.00772. The van der Waals surface area contributed by atoms with Crippen LogP contribution in [-0.4, -0.2) is 57.0 Å². The van der Waals surface area contributed by atoms with Gasteiger partial charge < -0.3 is 9.47 Å². The standard InChI is InChI=1S/C20H32N2O4S/c1-16(2)27(23,24)21-14-19-8-9-20(26-19)10-12-22(13-11-20)15-17-4-6-18(25-3)7-5-17/h4-7,16,19,21H,8-15H2,1-3H3/t19-/m1/s1. The van der Waals surface area contributed by atoms with E-state index in [2.05, 4.69) is 21.8 Å². The summed E-state index contributed by atoms with van der Waals surface area (Å²) in [4.78, 5) is 2.46. The fourth-order valence-electron chi connectivity index (χ4n) is 3.89. The summed E-state index contributed by atoms with van der Waals surface area (Å²) in [5.41, 5.74) is 1.23. The molecule has 1 spiro atoms. The van der Waals surface area contributed by atoms with Crippen molar-refractivity contribution in [2.24, 2.45) is 0 Å². The molecule has 2 saturated heterocycles. The van der Waals surface area contributed by atoms with E-state index in [1.54, 1.807) is 21.0 Å². The van der Waals surface area contributed by atoms with Crippen molar-refractivity contribution in [3.63, 3.8) is 0 Å². The molecule has 0 aromatic heterocycles. The van der Waals surface area contributed by atoms with Crippen molar-refractivity contribution in [1.82, 2.24) is 9.62 Å². The molecule has 1 atom stereocenters. The number of hydrogen-bond donors (Lipinski definition) is 1. The molecule has 1 N–H and O–H groups in total. The van der Waals surface area contributed by atoms with Gasteiger partial charge in [0.25, 0.3) is 0 Å². The Morgan fingerprint density at radius 1 is 1.22 bits per heavy atom. The fourth-order valence-corrected chi connectivity index (χ4v) is 4.64. The monoisotopic (exact) mass is 396 g/mol. The van der Waals surface area contributed by atoms with Gasteiger partial charge in [-0.05, 0) is 57.2 Å². The van der Waals surface area contributed by atoms with Crippen LogP contribution in [0.3, 0.4) is 0 Å². The van der Waals surface area contributed by atoms with Gasteiger partial charge >= 0.3 is 0 Å². The highest BCUT2D eigenvalue weighted by Crippen LogP contribution is 2.39. The molecule has 152 valence electrons. The fraction of sp³-hybridized carbons (Fsp3) is 0.700. The maximum absolute atomic E-state index is 11.9. The Kier molecular flexibility index (Phi) is 6.46. The number of sulfonamides is 1. The molecular weight excluding hydrogens is 364 g/mol. The van der Waals surface area contributed by atoms with Gasteiger partial charge in [-0.1, -0.05) is 12.1 Å². The second-order valence-corrected chi connectivity index (χ2v) is 10.3. The van der Waals surface area contributed by atoms with Gasteiger partial charge in [-0.3, -0.25) is 4.90 Å². The predicted octanol–water partition coefficient (Wildman–Crippen LogP) is 2.54. The van der Waals surface area contributed by atoms with E-state index in [4.69, 9.17) is 9.47 Å². The Balaban J connectivity index is 1.46. The van der Waals surface area contributed by atoms with Crippen molar-refractivity contribution in [2.75, 3.05) is 26.7 Å². The van der Waals surface area contributed by atoms with Gasteiger partial charge in [-0.15, -0.1) is 0 Å². The maximum Gasteiger partial charge on any atom is 0.214 e. The van der Waals surface area contributed by atoms with Crippen LogP contribution in [0.15, 0.2) is 24.3 Å². The van der Waals surface area contributed by atoms with Gasteiger partial charge in [-0.2, -0.15) is 0 Å². The Hall–Kier alpha value is -1.15. The van der Waals surface area contributed by atoms with Gasteiger partial charge in [-0.25, -0.2) is 13.1 Å². The second kappa shape index (κ2) is 8.47. The average molecular weight is 397 g/mol. The molecule has 27 heavy (non-hydrogen) atoms. The van der Waals surface area contributed by atoms with Crippen molar-refractivity contribution >= 4 is 10.0 Å². The average Bonchev–Trinajstić information content (AvgIpc) is 3.06. The number of benzene rings is 1. The smallest absolute Gasteiger partial charge is 0.214 e. The van der Waals surface area contributed by atoms with Gasteiger partial charge in [0, 0.05) is 26.2 Å². The molecule has 0 saturated carbocycles. The van der Waals surface area contributed by atoms with Crippen molar-refractivity contribution in [3.05, 3.63) is 29.8 Å². The zero-order valence-electron chi connectivity index (χ0n) is 16.6. The quantitative estimate of drug-likeness (QED) is 0.767. The normalized spacial score (nSPS) is 23.2. The largest absolute Gasteiger partial charge is 0.497 e. The van der Waals surface area contributed by atoms with E-state index < -0.39 is 15.3 Å². The van der Waals surface area contributed by atoms with Crippen LogP contribution < -0.4 is 9.46 Å². The molecule has 2 fully saturated rings. The minimum atomic E-state index is -3.22. The number of nitrogens with one attached hydrogen (secondary N) is 1. The van der Waals surface area contributed by atoms with Crippen LogP contribution in [0.4, 0.5) is 0 Å². The van der Waals surface area contributed by atoms with Crippen LogP contribution in [0, 0.1) is 0 Å². The SMILES string of the molecule is COc1ccc(CN2CCC3(CC[C@H](CNS(=O)(=O)C(C)C)O3)CC2)cc1. The van der Waals surface area contributed by atoms with Crippen LogP contribution in [-0.2, 0) is 21.3 Å². The molecule has 0 bridgehead atoms. The highest BCUT2D eigenvalue weighted by molar-refractivity contribution is 7.90.